The summed E-state index contributed by atoms with van der Waals surface area (Å²) < 4.78 is 1.95. The lowest BCUT2D eigenvalue weighted by Gasteiger charge is -2.46. The van der Waals surface area contributed by atoms with Crippen LogP contribution in [0.25, 0.3) is 10.9 Å². The number of carboxylic acid groups (broad SMARTS) is 1. The van der Waals surface area contributed by atoms with Gasteiger partial charge in [-0.3, -0.25) is 9.59 Å². The minimum Gasteiger partial charge on any atom is -0.480 e. The van der Waals surface area contributed by atoms with Crippen LogP contribution in [0.1, 0.15) is 41.6 Å². The summed E-state index contributed by atoms with van der Waals surface area (Å²) in [7, 11) is 1.97. The third-order valence-corrected chi connectivity index (χ3v) is 6.96. The molecular formula is C26H28N4O4. The van der Waals surface area contributed by atoms with Gasteiger partial charge < -0.3 is 24.8 Å². The number of hydrogen-bond donors (Lipinski definition) is 2. The molecule has 3 heterocycles. The zero-order valence-electron chi connectivity index (χ0n) is 19.5. The average molecular weight is 461 g/mol. The van der Waals surface area contributed by atoms with Crippen molar-refractivity contribution in [2.24, 2.45) is 5.92 Å². The van der Waals surface area contributed by atoms with Crippen LogP contribution in [-0.2, 0) is 22.6 Å². The number of hydrogen-bond acceptors (Lipinski definition) is 4. The topological polar surface area (TPSA) is 94.9 Å². The molecule has 3 aromatic rings. The molecule has 176 valence electrons. The Morgan fingerprint density at radius 2 is 1.82 bits per heavy atom. The zero-order chi connectivity index (χ0) is 24.1. The smallest absolute Gasteiger partial charge is 0.326 e. The highest BCUT2D eigenvalue weighted by Gasteiger charge is 2.42. The minimum atomic E-state index is -1.05. The van der Waals surface area contributed by atoms with Gasteiger partial charge in [-0.2, -0.15) is 0 Å². The molecule has 0 aliphatic carbocycles. The van der Waals surface area contributed by atoms with E-state index in [1.165, 1.54) is 0 Å². The van der Waals surface area contributed by atoms with Gasteiger partial charge in [0, 0.05) is 24.5 Å². The molecular weight excluding hydrogens is 432 g/mol. The Morgan fingerprint density at radius 1 is 1.12 bits per heavy atom. The fraction of sp³-hybridized carbons (Fsp3) is 0.346. The number of fused-ring (bicyclic) bond motifs is 6. The van der Waals surface area contributed by atoms with Crippen LogP contribution < -0.4 is 10.2 Å². The highest BCUT2D eigenvalue weighted by Crippen LogP contribution is 2.44. The molecule has 2 atom stereocenters. The number of nitrogens with zero attached hydrogens (tertiary/aromatic N) is 3. The van der Waals surface area contributed by atoms with E-state index in [4.69, 9.17) is 0 Å². The number of aliphatic carboxylic acids is 1. The minimum absolute atomic E-state index is 0.0173. The van der Waals surface area contributed by atoms with Crippen molar-refractivity contribution >= 4 is 34.4 Å². The number of nitrogens with one attached hydrogen (secondary N) is 1. The number of carbonyl (C=O) groups excluding carboxylic acids is 2. The molecule has 0 radical (unpaired) electrons. The van der Waals surface area contributed by atoms with Gasteiger partial charge in [-0.15, -0.1) is 0 Å². The molecule has 2 amide bonds. The molecule has 0 bridgehead atoms. The van der Waals surface area contributed by atoms with Crippen LogP contribution in [0.5, 0.6) is 0 Å². The summed E-state index contributed by atoms with van der Waals surface area (Å²) in [5, 5.41) is 13.3. The third-order valence-electron chi connectivity index (χ3n) is 6.96. The van der Waals surface area contributed by atoms with Crippen LogP contribution in [0, 0.1) is 5.92 Å². The predicted octanol–water partition coefficient (Wildman–Crippen LogP) is 3.01. The molecule has 5 rings (SSSR count). The van der Waals surface area contributed by atoms with Gasteiger partial charge in [0.2, 0.25) is 5.91 Å². The van der Waals surface area contributed by atoms with Gasteiger partial charge in [0.1, 0.15) is 18.8 Å². The summed E-state index contributed by atoms with van der Waals surface area (Å²) >= 11 is 0. The Kier molecular flexibility index (Phi) is 5.31. The fourth-order valence-corrected chi connectivity index (χ4v) is 5.36. The van der Waals surface area contributed by atoms with Crippen molar-refractivity contribution in [1.82, 2.24) is 14.8 Å². The second-order valence-electron chi connectivity index (χ2n) is 9.34. The number of para-hydroxylation sites is 2. The number of amides is 2. The first-order chi connectivity index (χ1) is 16.3. The van der Waals surface area contributed by atoms with Crippen molar-refractivity contribution in [3.8, 4) is 0 Å². The number of anilines is 1. The zero-order valence-corrected chi connectivity index (χ0v) is 19.5. The normalized spacial score (nSPS) is 17.9. The quantitative estimate of drug-likeness (QED) is 0.610. The molecule has 34 heavy (non-hydrogen) atoms. The lowest BCUT2D eigenvalue weighted by atomic mass is 9.96. The van der Waals surface area contributed by atoms with Crippen molar-refractivity contribution in [2.45, 2.75) is 39.0 Å². The molecule has 0 spiro atoms. The van der Waals surface area contributed by atoms with Crippen LogP contribution in [0.3, 0.4) is 0 Å². The Balaban J connectivity index is 1.61. The lowest BCUT2D eigenvalue weighted by molar-refractivity contribution is -0.143. The number of aromatic nitrogens is 1. The van der Waals surface area contributed by atoms with Gasteiger partial charge in [0.15, 0.2) is 0 Å². The van der Waals surface area contributed by atoms with Crippen molar-refractivity contribution in [3.63, 3.8) is 0 Å². The highest BCUT2D eigenvalue weighted by molar-refractivity contribution is 6.02. The number of carbonyl (C=O) groups is 3. The SMILES string of the molecule is CC(C)[C@H](NC(=O)Cn1c2c(c3ccccc31)CCN1C(=O)c3ccccc3N(C)[C@@H]21)C(=O)O. The van der Waals surface area contributed by atoms with Crippen LogP contribution in [-0.4, -0.2) is 52.0 Å². The largest absolute Gasteiger partial charge is 0.480 e. The predicted molar refractivity (Wildman–Crippen MR) is 129 cm³/mol. The second-order valence-corrected chi connectivity index (χ2v) is 9.34. The maximum atomic E-state index is 13.4. The summed E-state index contributed by atoms with van der Waals surface area (Å²) in [4.78, 5) is 42.1. The molecule has 0 unspecified atom stereocenters. The van der Waals surface area contributed by atoms with E-state index in [-0.39, 0.29) is 30.4 Å². The summed E-state index contributed by atoms with van der Waals surface area (Å²) in [6.45, 7) is 4.10. The highest BCUT2D eigenvalue weighted by atomic mass is 16.4. The summed E-state index contributed by atoms with van der Waals surface area (Å²) in [5.41, 5.74) is 4.47. The van der Waals surface area contributed by atoms with E-state index in [1.807, 2.05) is 65.0 Å². The summed E-state index contributed by atoms with van der Waals surface area (Å²) in [6, 6.07) is 14.5. The fourth-order valence-electron chi connectivity index (χ4n) is 5.36. The lowest BCUT2D eigenvalue weighted by Crippen LogP contribution is -2.52. The van der Waals surface area contributed by atoms with E-state index in [0.29, 0.717) is 18.5 Å². The van der Waals surface area contributed by atoms with Crippen LogP contribution in [0.15, 0.2) is 48.5 Å². The Hall–Kier alpha value is -3.81. The van der Waals surface area contributed by atoms with Crippen molar-refractivity contribution in [1.29, 1.82) is 0 Å². The van der Waals surface area contributed by atoms with Crippen molar-refractivity contribution in [3.05, 3.63) is 65.4 Å². The summed E-state index contributed by atoms with van der Waals surface area (Å²) in [5.74, 6) is -1.68. The maximum Gasteiger partial charge on any atom is 0.326 e. The molecule has 2 aliphatic rings. The summed E-state index contributed by atoms with van der Waals surface area (Å²) in [6.07, 6.45) is 0.332. The van der Waals surface area contributed by atoms with Crippen molar-refractivity contribution in [2.75, 3.05) is 18.5 Å². The van der Waals surface area contributed by atoms with Crippen LogP contribution in [0.4, 0.5) is 5.69 Å². The molecule has 2 aromatic carbocycles. The number of benzene rings is 2. The van der Waals surface area contributed by atoms with E-state index >= 15 is 0 Å². The van der Waals surface area contributed by atoms with Gasteiger partial charge in [0.25, 0.3) is 5.91 Å². The monoisotopic (exact) mass is 460 g/mol. The van der Waals surface area contributed by atoms with Crippen LogP contribution in [0.2, 0.25) is 0 Å². The Morgan fingerprint density at radius 3 is 2.56 bits per heavy atom. The molecule has 1 aromatic heterocycles. The van der Waals surface area contributed by atoms with Gasteiger partial charge in [-0.25, -0.2) is 4.79 Å². The van der Waals surface area contributed by atoms with E-state index in [2.05, 4.69) is 10.2 Å². The third kappa shape index (κ3) is 3.32. The first kappa shape index (κ1) is 22.0. The van der Waals surface area contributed by atoms with Gasteiger partial charge in [0.05, 0.1) is 16.9 Å². The molecule has 0 fully saturated rings. The van der Waals surface area contributed by atoms with Gasteiger partial charge in [-0.1, -0.05) is 44.2 Å². The first-order valence-corrected chi connectivity index (χ1v) is 11.5. The molecule has 2 aliphatic heterocycles. The van der Waals surface area contributed by atoms with E-state index in [9.17, 15) is 19.5 Å². The van der Waals surface area contributed by atoms with Crippen molar-refractivity contribution < 1.29 is 19.5 Å². The number of carboxylic acids is 1. The first-order valence-electron chi connectivity index (χ1n) is 11.5. The van der Waals surface area contributed by atoms with E-state index < -0.39 is 12.0 Å². The average Bonchev–Trinajstić information content (AvgIpc) is 3.14. The Labute approximate surface area is 197 Å². The standard InChI is InChI=1S/C26H28N4O4/c1-15(2)22(26(33)34)27-21(31)14-30-20-11-7-4-8-16(20)17-12-13-29-24(23(17)30)28(3)19-10-6-5-9-18(19)25(29)32/h4-11,15,22,24H,12-14H2,1-3H3,(H,27,31)(H,33,34)/t22-,24+/m0/s1. The molecule has 0 saturated carbocycles. The second kappa shape index (κ2) is 8.20. The molecule has 8 heteroatoms. The van der Waals surface area contributed by atoms with Crippen LogP contribution >= 0.6 is 0 Å². The number of rotatable bonds is 5. The van der Waals surface area contributed by atoms with Gasteiger partial charge >= 0.3 is 5.97 Å². The van der Waals surface area contributed by atoms with E-state index in [1.54, 1.807) is 13.8 Å². The van der Waals surface area contributed by atoms with E-state index in [0.717, 1.165) is 27.8 Å². The molecule has 8 nitrogen and oxygen atoms in total. The molecule has 0 saturated heterocycles. The Bertz CT molecular complexity index is 1310. The maximum absolute atomic E-state index is 13.4. The molecule has 2 N–H and O–H groups in total. The van der Waals surface area contributed by atoms with Gasteiger partial charge in [-0.05, 0) is 36.1 Å².